The number of hydrogen-bond donors (Lipinski definition) is 0. The number of halogens is 3. The van der Waals surface area contributed by atoms with Crippen LogP contribution in [0, 0.1) is 0 Å². The van der Waals surface area contributed by atoms with Crippen LogP contribution in [0.2, 0.25) is 0 Å². The number of carbonyl (C=O) groups is 1. The monoisotopic (exact) mass is 317 g/mol. The Morgan fingerprint density at radius 1 is 1.14 bits per heavy atom. The van der Waals surface area contributed by atoms with E-state index in [4.69, 9.17) is 0 Å². The fraction of sp³-hybridized carbons (Fsp3) is 0.533. The van der Waals surface area contributed by atoms with E-state index in [9.17, 15) is 18.0 Å². The van der Waals surface area contributed by atoms with E-state index in [2.05, 4.69) is 0 Å². The van der Waals surface area contributed by atoms with Crippen molar-refractivity contribution in [3.63, 3.8) is 0 Å². The molecule has 0 spiro atoms. The highest BCUT2D eigenvalue weighted by Crippen LogP contribution is 2.42. The number of benzene rings is 1. The Bertz CT molecular complexity index is 540. The Labute approximate surface area is 126 Å². The number of amides is 1. The standard InChI is InChI=1S/C15H18F3NOS/c1-19(2)14(20)21-13-11-7-5-3-4-6-10(11)8-9-12(13)15(16,17)18/h8-9H,3-7H2,1-2H3. The summed E-state index contributed by atoms with van der Waals surface area (Å²) in [6.07, 6.45) is -0.153. The molecule has 0 fully saturated rings. The molecule has 1 aromatic carbocycles. The first kappa shape index (κ1) is 16.2. The number of aryl methyl sites for hydroxylation is 1. The van der Waals surface area contributed by atoms with Gasteiger partial charge in [0, 0.05) is 19.0 Å². The smallest absolute Gasteiger partial charge is 0.339 e. The van der Waals surface area contributed by atoms with Crippen molar-refractivity contribution >= 4 is 17.0 Å². The molecule has 0 saturated carbocycles. The Morgan fingerprint density at radius 2 is 1.81 bits per heavy atom. The number of hydrogen-bond acceptors (Lipinski definition) is 2. The number of alkyl halides is 3. The zero-order valence-corrected chi connectivity index (χ0v) is 12.9. The van der Waals surface area contributed by atoms with Crippen molar-refractivity contribution in [1.29, 1.82) is 0 Å². The molecule has 0 saturated heterocycles. The van der Waals surface area contributed by atoms with Crippen molar-refractivity contribution < 1.29 is 18.0 Å². The second kappa shape index (κ2) is 6.30. The highest BCUT2D eigenvalue weighted by atomic mass is 32.2. The van der Waals surface area contributed by atoms with Gasteiger partial charge in [-0.2, -0.15) is 13.2 Å². The lowest BCUT2D eigenvalue weighted by molar-refractivity contribution is -0.139. The first-order chi connectivity index (χ1) is 9.80. The number of rotatable bonds is 1. The van der Waals surface area contributed by atoms with Crippen LogP contribution in [0.15, 0.2) is 17.0 Å². The lowest BCUT2D eigenvalue weighted by atomic mass is 9.99. The van der Waals surface area contributed by atoms with Crippen molar-refractivity contribution in [3.05, 3.63) is 28.8 Å². The van der Waals surface area contributed by atoms with E-state index in [0.717, 1.165) is 37.3 Å². The van der Waals surface area contributed by atoms with Gasteiger partial charge in [0.2, 0.25) is 0 Å². The van der Waals surface area contributed by atoms with Crippen LogP contribution in [-0.4, -0.2) is 24.2 Å². The quantitative estimate of drug-likeness (QED) is 0.550. The Kier molecular flexibility index (Phi) is 4.86. The maximum absolute atomic E-state index is 13.2. The Balaban J connectivity index is 2.52. The normalized spacial score (nSPS) is 15.3. The molecule has 21 heavy (non-hydrogen) atoms. The zero-order valence-electron chi connectivity index (χ0n) is 12.1. The summed E-state index contributed by atoms with van der Waals surface area (Å²) in [4.78, 5) is 13.3. The van der Waals surface area contributed by atoms with Gasteiger partial charge in [0.25, 0.3) is 5.24 Å². The lowest BCUT2D eigenvalue weighted by Gasteiger charge is -2.19. The predicted molar refractivity (Wildman–Crippen MR) is 77.6 cm³/mol. The predicted octanol–water partition coefficient (Wildman–Crippen LogP) is 4.75. The molecule has 116 valence electrons. The molecule has 1 amide bonds. The highest BCUT2D eigenvalue weighted by Gasteiger charge is 2.36. The minimum Gasteiger partial charge on any atom is -0.339 e. The molecule has 0 N–H and O–H groups in total. The maximum Gasteiger partial charge on any atom is 0.417 e. The van der Waals surface area contributed by atoms with Gasteiger partial charge >= 0.3 is 6.18 Å². The highest BCUT2D eigenvalue weighted by molar-refractivity contribution is 8.13. The van der Waals surface area contributed by atoms with Gasteiger partial charge in [0.15, 0.2) is 0 Å². The molecule has 0 bridgehead atoms. The van der Waals surface area contributed by atoms with E-state index in [-0.39, 0.29) is 10.1 Å². The zero-order chi connectivity index (χ0) is 15.6. The number of nitrogens with zero attached hydrogens (tertiary/aromatic N) is 1. The number of fused-ring (bicyclic) bond motifs is 1. The SMILES string of the molecule is CN(C)C(=O)Sc1c(C(F)(F)F)ccc2c1CCCCC2. The van der Waals surface area contributed by atoms with Gasteiger partial charge < -0.3 is 4.90 Å². The minimum absolute atomic E-state index is 0.0978. The van der Waals surface area contributed by atoms with Crippen LogP contribution < -0.4 is 0 Å². The Morgan fingerprint density at radius 3 is 2.43 bits per heavy atom. The van der Waals surface area contributed by atoms with Crippen molar-refractivity contribution in [2.24, 2.45) is 0 Å². The number of thioether (sulfide) groups is 1. The molecule has 2 rings (SSSR count). The van der Waals surface area contributed by atoms with Crippen molar-refractivity contribution in [2.75, 3.05) is 14.1 Å². The molecule has 0 unspecified atom stereocenters. The molecule has 0 aromatic heterocycles. The van der Waals surface area contributed by atoms with Gasteiger partial charge in [-0.15, -0.1) is 0 Å². The van der Waals surface area contributed by atoms with E-state index < -0.39 is 11.7 Å². The largest absolute Gasteiger partial charge is 0.417 e. The lowest BCUT2D eigenvalue weighted by Crippen LogP contribution is -2.18. The van der Waals surface area contributed by atoms with E-state index in [1.807, 2.05) is 0 Å². The van der Waals surface area contributed by atoms with Gasteiger partial charge in [-0.25, -0.2) is 0 Å². The van der Waals surface area contributed by atoms with Gasteiger partial charge in [0.05, 0.1) is 5.56 Å². The topological polar surface area (TPSA) is 20.3 Å². The molecule has 0 atom stereocenters. The third-order valence-electron chi connectivity index (χ3n) is 3.59. The molecule has 1 aliphatic rings. The van der Waals surface area contributed by atoms with Crippen LogP contribution in [0.1, 0.15) is 36.0 Å². The number of carbonyl (C=O) groups excluding carboxylic acids is 1. The van der Waals surface area contributed by atoms with E-state index >= 15 is 0 Å². The molecule has 0 aliphatic heterocycles. The fourth-order valence-electron chi connectivity index (χ4n) is 2.49. The first-order valence-corrected chi connectivity index (χ1v) is 7.73. The second-order valence-corrected chi connectivity index (χ2v) is 6.36. The molecule has 6 heteroatoms. The van der Waals surface area contributed by atoms with E-state index in [1.165, 1.54) is 4.90 Å². The van der Waals surface area contributed by atoms with Crippen molar-refractivity contribution in [3.8, 4) is 0 Å². The molecule has 0 radical (unpaired) electrons. The molecular weight excluding hydrogens is 299 g/mol. The van der Waals surface area contributed by atoms with E-state index in [0.29, 0.717) is 23.7 Å². The van der Waals surface area contributed by atoms with Crippen molar-refractivity contribution in [2.45, 2.75) is 43.2 Å². The maximum atomic E-state index is 13.2. The summed E-state index contributed by atoms with van der Waals surface area (Å²) >= 11 is 0.696. The van der Waals surface area contributed by atoms with Gasteiger partial charge in [-0.1, -0.05) is 12.5 Å². The summed E-state index contributed by atoms with van der Waals surface area (Å²) in [6, 6.07) is 2.70. The summed E-state index contributed by atoms with van der Waals surface area (Å²) in [5.41, 5.74) is 0.973. The van der Waals surface area contributed by atoms with Crippen LogP contribution in [-0.2, 0) is 19.0 Å². The summed E-state index contributed by atoms with van der Waals surface area (Å²) in [7, 11) is 3.09. The van der Waals surface area contributed by atoms with Gasteiger partial charge in [-0.05, 0) is 54.6 Å². The molecule has 1 aliphatic carbocycles. The average Bonchev–Trinajstić information content (AvgIpc) is 2.62. The van der Waals surface area contributed by atoms with Crippen LogP contribution in [0.3, 0.4) is 0 Å². The van der Waals surface area contributed by atoms with E-state index in [1.54, 1.807) is 20.2 Å². The summed E-state index contributed by atoms with van der Waals surface area (Å²) in [5, 5.41) is -0.377. The minimum atomic E-state index is -4.43. The molecular formula is C15H18F3NOS. The van der Waals surface area contributed by atoms with Gasteiger partial charge in [-0.3, -0.25) is 4.79 Å². The third-order valence-corrected chi connectivity index (χ3v) is 4.80. The van der Waals surface area contributed by atoms with Crippen LogP contribution in [0.25, 0.3) is 0 Å². The molecule has 1 aromatic rings. The average molecular weight is 317 g/mol. The van der Waals surface area contributed by atoms with Crippen LogP contribution in [0.4, 0.5) is 18.0 Å². The second-order valence-electron chi connectivity index (χ2n) is 5.40. The summed E-state index contributed by atoms with van der Waals surface area (Å²) in [5.74, 6) is 0. The van der Waals surface area contributed by atoms with Gasteiger partial charge in [0.1, 0.15) is 0 Å². The molecule has 0 heterocycles. The van der Waals surface area contributed by atoms with Crippen LogP contribution >= 0.6 is 11.8 Å². The third kappa shape index (κ3) is 3.73. The summed E-state index contributed by atoms with van der Waals surface area (Å²) in [6.45, 7) is 0. The summed E-state index contributed by atoms with van der Waals surface area (Å²) < 4.78 is 39.7. The first-order valence-electron chi connectivity index (χ1n) is 6.92. The van der Waals surface area contributed by atoms with Crippen LogP contribution in [0.5, 0.6) is 0 Å². The molecule has 2 nitrogen and oxygen atoms in total. The van der Waals surface area contributed by atoms with Crippen molar-refractivity contribution in [1.82, 2.24) is 4.90 Å². The Hall–Kier alpha value is -1.17. The fourth-order valence-corrected chi connectivity index (χ4v) is 3.50.